The van der Waals surface area contributed by atoms with Crippen molar-refractivity contribution in [3.8, 4) is 0 Å². The van der Waals surface area contributed by atoms with E-state index in [1.807, 2.05) is 19.9 Å². The number of carboxylic acid groups (broad SMARTS) is 1. The summed E-state index contributed by atoms with van der Waals surface area (Å²) in [6, 6.07) is 7.90. The Morgan fingerprint density at radius 1 is 1.04 bits per heavy atom. The number of aromatic carboxylic acids is 1. The molecule has 0 fully saturated rings. The molecular formula is C20H20O6. The highest BCUT2D eigenvalue weighted by molar-refractivity contribution is 5.96. The lowest BCUT2D eigenvalue weighted by Crippen LogP contribution is -2.09. The second-order valence-electron chi connectivity index (χ2n) is 6.19. The Morgan fingerprint density at radius 2 is 1.73 bits per heavy atom. The van der Waals surface area contributed by atoms with E-state index in [0.29, 0.717) is 16.6 Å². The van der Waals surface area contributed by atoms with Gasteiger partial charge in [-0.05, 0) is 49.7 Å². The molecule has 3 rings (SSSR count). The lowest BCUT2D eigenvalue weighted by molar-refractivity contribution is 0.0697. The molecule has 0 aliphatic rings. The first-order chi connectivity index (χ1) is 12.4. The van der Waals surface area contributed by atoms with Crippen molar-refractivity contribution in [2.45, 2.75) is 26.1 Å². The van der Waals surface area contributed by atoms with Crippen molar-refractivity contribution in [1.82, 2.24) is 0 Å². The Kier molecular flexibility index (Phi) is 4.80. The zero-order valence-corrected chi connectivity index (χ0v) is 15.0. The van der Waals surface area contributed by atoms with Crippen molar-refractivity contribution in [3.05, 3.63) is 57.2 Å². The summed E-state index contributed by atoms with van der Waals surface area (Å²) in [6.07, 6.45) is -0.511. The second-order valence-corrected chi connectivity index (χ2v) is 6.19. The van der Waals surface area contributed by atoms with Gasteiger partial charge in [0.25, 0.3) is 0 Å². The minimum atomic E-state index is -1.10. The summed E-state index contributed by atoms with van der Waals surface area (Å²) in [6.45, 7) is 3.75. The van der Waals surface area contributed by atoms with Gasteiger partial charge in [0, 0.05) is 19.8 Å². The van der Waals surface area contributed by atoms with Crippen LogP contribution in [0.2, 0.25) is 0 Å². The molecule has 0 saturated heterocycles. The summed E-state index contributed by atoms with van der Waals surface area (Å²) in [5, 5.41) is 9.79. The number of rotatable bonds is 5. The second kappa shape index (κ2) is 6.90. The van der Waals surface area contributed by atoms with Crippen LogP contribution in [-0.4, -0.2) is 25.3 Å². The van der Waals surface area contributed by atoms with Crippen LogP contribution in [0.5, 0.6) is 0 Å². The van der Waals surface area contributed by atoms with E-state index in [2.05, 4.69) is 0 Å². The largest absolute Gasteiger partial charge is 0.478 e. The SMILES string of the molecule is COC(C)c1cc(C(C)OC)c2oc3ccc(C(=O)O)cc3c(=O)c2c1. The maximum absolute atomic E-state index is 13.1. The van der Waals surface area contributed by atoms with Gasteiger partial charge in [0.2, 0.25) is 5.43 Å². The lowest BCUT2D eigenvalue weighted by atomic mass is 9.98. The van der Waals surface area contributed by atoms with Crippen molar-refractivity contribution in [3.63, 3.8) is 0 Å². The number of ether oxygens (including phenoxy) is 2. The minimum absolute atomic E-state index is 0.0380. The van der Waals surface area contributed by atoms with Gasteiger partial charge in [-0.25, -0.2) is 4.79 Å². The van der Waals surface area contributed by atoms with Crippen molar-refractivity contribution < 1.29 is 23.8 Å². The summed E-state index contributed by atoms with van der Waals surface area (Å²) in [4.78, 5) is 24.3. The van der Waals surface area contributed by atoms with E-state index in [4.69, 9.17) is 13.9 Å². The Bertz CT molecular complexity index is 1050. The smallest absolute Gasteiger partial charge is 0.335 e. The number of methoxy groups -OCH3 is 2. The highest BCUT2D eigenvalue weighted by Gasteiger charge is 2.19. The fraction of sp³-hybridized carbons (Fsp3) is 0.300. The molecule has 0 radical (unpaired) electrons. The molecule has 0 amide bonds. The van der Waals surface area contributed by atoms with Gasteiger partial charge in [0.1, 0.15) is 11.2 Å². The number of carbonyl (C=O) groups is 1. The maximum Gasteiger partial charge on any atom is 0.335 e. The van der Waals surface area contributed by atoms with Crippen LogP contribution in [0.1, 0.15) is 47.5 Å². The van der Waals surface area contributed by atoms with Gasteiger partial charge in [-0.2, -0.15) is 0 Å². The first-order valence-electron chi connectivity index (χ1n) is 8.20. The maximum atomic E-state index is 13.1. The van der Waals surface area contributed by atoms with Crippen molar-refractivity contribution in [2.75, 3.05) is 14.2 Å². The molecule has 0 spiro atoms. The van der Waals surface area contributed by atoms with Crippen molar-refractivity contribution >= 4 is 27.9 Å². The Labute approximate surface area is 149 Å². The molecule has 1 heterocycles. The highest BCUT2D eigenvalue weighted by Crippen LogP contribution is 2.31. The zero-order chi connectivity index (χ0) is 19.0. The topological polar surface area (TPSA) is 86.0 Å². The van der Waals surface area contributed by atoms with Crippen LogP contribution in [0.3, 0.4) is 0 Å². The third kappa shape index (κ3) is 2.98. The van der Waals surface area contributed by atoms with E-state index in [1.165, 1.54) is 18.2 Å². The van der Waals surface area contributed by atoms with Crippen LogP contribution in [-0.2, 0) is 9.47 Å². The molecule has 2 aromatic carbocycles. The summed E-state index contributed by atoms with van der Waals surface area (Å²) in [5.74, 6) is -1.10. The molecule has 6 nitrogen and oxygen atoms in total. The molecular weight excluding hydrogens is 336 g/mol. The quantitative estimate of drug-likeness (QED) is 0.694. The van der Waals surface area contributed by atoms with E-state index in [1.54, 1.807) is 20.3 Å². The Morgan fingerprint density at radius 3 is 2.35 bits per heavy atom. The summed E-state index contributed by atoms with van der Waals surface area (Å²) < 4.78 is 16.8. The van der Waals surface area contributed by atoms with Crippen LogP contribution < -0.4 is 5.43 Å². The van der Waals surface area contributed by atoms with Crippen LogP contribution in [0.25, 0.3) is 21.9 Å². The van der Waals surface area contributed by atoms with Gasteiger partial charge in [0.05, 0.1) is 28.5 Å². The van der Waals surface area contributed by atoms with Crippen LogP contribution in [0.15, 0.2) is 39.5 Å². The van der Waals surface area contributed by atoms with Gasteiger partial charge in [-0.15, -0.1) is 0 Å². The predicted molar refractivity (Wildman–Crippen MR) is 97.8 cm³/mol. The Balaban J connectivity index is 2.43. The normalized spacial score (nSPS) is 13.8. The third-order valence-corrected chi connectivity index (χ3v) is 4.68. The fourth-order valence-electron chi connectivity index (χ4n) is 2.94. The van der Waals surface area contributed by atoms with Gasteiger partial charge in [-0.3, -0.25) is 4.79 Å². The lowest BCUT2D eigenvalue weighted by Gasteiger charge is -2.17. The number of hydrogen-bond acceptors (Lipinski definition) is 5. The van der Waals surface area contributed by atoms with Crippen LogP contribution >= 0.6 is 0 Å². The van der Waals surface area contributed by atoms with E-state index >= 15 is 0 Å². The molecule has 2 unspecified atom stereocenters. The number of carboxylic acids is 1. The van der Waals surface area contributed by atoms with E-state index in [0.717, 1.165) is 11.1 Å². The van der Waals surface area contributed by atoms with Gasteiger partial charge in [-0.1, -0.05) is 0 Å². The molecule has 0 bridgehead atoms. The molecule has 26 heavy (non-hydrogen) atoms. The van der Waals surface area contributed by atoms with Crippen molar-refractivity contribution in [1.29, 1.82) is 0 Å². The van der Waals surface area contributed by atoms with Gasteiger partial charge in [0.15, 0.2) is 0 Å². The third-order valence-electron chi connectivity index (χ3n) is 4.68. The highest BCUT2D eigenvalue weighted by atomic mass is 16.5. The predicted octanol–water partition coefficient (Wildman–Crippen LogP) is 4.06. The number of hydrogen-bond donors (Lipinski definition) is 1. The van der Waals surface area contributed by atoms with Gasteiger partial charge >= 0.3 is 5.97 Å². The average molecular weight is 356 g/mol. The van der Waals surface area contributed by atoms with Gasteiger partial charge < -0.3 is 19.0 Å². The minimum Gasteiger partial charge on any atom is -0.478 e. The molecule has 0 saturated carbocycles. The first-order valence-corrected chi connectivity index (χ1v) is 8.20. The molecule has 0 aliphatic carbocycles. The van der Waals surface area contributed by atoms with E-state index in [-0.39, 0.29) is 28.6 Å². The molecule has 6 heteroatoms. The summed E-state index contributed by atoms with van der Waals surface area (Å²) in [5.41, 5.74) is 2.09. The molecule has 1 N–H and O–H groups in total. The van der Waals surface area contributed by atoms with Crippen LogP contribution in [0, 0.1) is 0 Å². The zero-order valence-electron chi connectivity index (χ0n) is 15.0. The fourth-order valence-corrected chi connectivity index (χ4v) is 2.94. The standard InChI is InChI=1S/C20H20O6/c1-10(24-3)13-8-14(11(2)25-4)19-16(9-13)18(21)15-7-12(20(22)23)5-6-17(15)26-19/h5-11H,1-4H3,(H,22,23). The molecule has 2 atom stereocenters. The summed E-state index contributed by atoms with van der Waals surface area (Å²) >= 11 is 0. The number of benzene rings is 2. The van der Waals surface area contributed by atoms with E-state index in [9.17, 15) is 14.7 Å². The van der Waals surface area contributed by atoms with Crippen molar-refractivity contribution in [2.24, 2.45) is 0 Å². The summed E-state index contributed by atoms with van der Waals surface area (Å²) in [7, 11) is 3.18. The van der Waals surface area contributed by atoms with E-state index < -0.39 is 5.97 Å². The molecule has 0 aliphatic heterocycles. The molecule has 3 aromatic rings. The monoisotopic (exact) mass is 356 g/mol. The molecule has 136 valence electrons. The van der Waals surface area contributed by atoms with Crippen LogP contribution in [0.4, 0.5) is 0 Å². The molecule has 1 aromatic heterocycles. The number of fused-ring (bicyclic) bond motifs is 2. The first kappa shape index (κ1) is 18.1. The average Bonchev–Trinajstić information content (AvgIpc) is 2.65. The Hall–Kier alpha value is -2.70.